The Hall–Kier alpha value is -1.65. The van der Waals surface area contributed by atoms with E-state index in [1.807, 2.05) is 4.68 Å². The predicted octanol–water partition coefficient (Wildman–Crippen LogP) is 3.78. The summed E-state index contributed by atoms with van der Waals surface area (Å²) in [6.45, 7) is 1.49. The SMILES string of the molecule is Cn1cc2c(n1)[C@]1(Cc3ccccc3)CCC3(C[C@@H]1CCC2)OCCO3. The number of aromatic nitrogens is 2. The third-order valence-corrected chi connectivity index (χ3v) is 6.84. The number of benzene rings is 1. The third kappa shape index (κ3) is 2.62. The summed E-state index contributed by atoms with van der Waals surface area (Å²) in [5.74, 6) is 0.232. The van der Waals surface area contributed by atoms with Gasteiger partial charge >= 0.3 is 0 Å². The van der Waals surface area contributed by atoms with Crippen LogP contribution in [0.4, 0.5) is 0 Å². The molecule has 4 nitrogen and oxygen atoms in total. The second-order valence-electron chi connectivity index (χ2n) is 8.40. The molecule has 5 rings (SSSR count). The van der Waals surface area contributed by atoms with Gasteiger partial charge in [-0.2, -0.15) is 5.10 Å². The van der Waals surface area contributed by atoms with Gasteiger partial charge in [0, 0.05) is 31.5 Å². The van der Waals surface area contributed by atoms with E-state index < -0.39 is 0 Å². The van der Waals surface area contributed by atoms with Crippen molar-refractivity contribution in [3.05, 3.63) is 53.3 Å². The molecule has 0 N–H and O–H groups in total. The van der Waals surface area contributed by atoms with Crippen LogP contribution in [0.1, 0.15) is 48.9 Å². The number of hydrogen-bond acceptors (Lipinski definition) is 3. The van der Waals surface area contributed by atoms with Crippen LogP contribution in [0.25, 0.3) is 0 Å². The first kappa shape index (κ1) is 16.5. The highest BCUT2D eigenvalue weighted by Crippen LogP contribution is 2.54. The Morgan fingerprint density at radius 1 is 1.15 bits per heavy atom. The van der Waals surface area contributed by atoms with Gasteiger partial charge in [0.25, 0.3) is 0 Å². The van der Waals surface area contributed by atoms with Crippen LogP contribution in [-0.2, 0) is 34.8 Å². The molecule has 1 saturated heterocycles. The molecule has 26 heavy (non-hydrogen) atoms. The zero-order valence-electron chi connectivity index (χ0n) is 15.6. The van der Waals surface area contributed by atoms with E-state index in [9.17, 15) is 0 Å². The number of rotatable bonds is 2. The lowest BCUT2D eigenvalue weighted by Gasteiger charge is -2.49. The van der Waals surface area contributed by atoms with E-state index in [2.05, 4.69) is 43.6 Å². The Labute approximate surface area is 155 Å². The van der Waals surface area contributed by atoms with Crippen LogP contribution in [0.3, 0.4) is 0 Å². The lowest BCUT2D eigenvalue weighted by molar-refractivity contribution is -0.199. The van der Waals surface area contributed by atoms with E-state index in [1.165, 1.54) is 29.7 Å². The van der Waals surface area contributed by atoms with Crippen molar-refractivity contribution in [1.29, 1.82) is 0 Å². The number of fused-ring (bicyclic) bond motifs is 3. The summed E-state index contributed by atoms with van der Waals surface area (Å²) in [6, 6.07) is 11.0. The molecule has 2 aliphatic carbocycles. The Morgan fingerprint density at radius 2 is 1.96 bits per heavy atom. The molecule has 1 saturated carbocycles. The predicted molar refractivity (Wildman–Crippen MR) is 99.9 cm³/mol. The summed E-state index contributed by atoms with van der Waals surface area (Å²) >= 11 is 0. The summed E-state index contributed by atoms with van der Waals surface area (Å²) in [6.07, 6.45) is 10.0. The molecule has 3 aliphatic rings. The number of hydrogen-bond donors (Lipinski definition) is 0. The molecule has 0 amide bonds. The number of ether oxygens (including phenoxy) is 2. The minimum atomic E-state index is -0.329. The summed E-state index contributed by atoms with van der Waals surface area (Å²) in [7, 11) is 2.06. The van der Waals surface area contributed by atoms with Crippen molar-refractivity contribution < 1.29 is 9.47 Å². The highest BCUT2D eigenvalue weighted by atomic mass is 16.7. The molecule has 0 radical (unpaired) electrons. The van der Waals surface area contributed by atoms with Gasteiger partial charge in [0.15, 0.2) is 5.79 Å². The highest BCUT2D eigenvalue weighted by Gasteiger charge is 2.54. The minimum Gasteiger partial charge on any atom is -0.348 e. The molecule has 1 aromatic heterocycles. The van der Waals surface area contributed by atoms with Gasteiger partial charge in [-0.05, 0) is 49.1 Å². The van der Waals surface area contributed by atoms with Crippen LogP contribution in [0, 0.1) is 5.92 Å². The van der Waals surface area contributed by atoms with Gasteiger partial charge in [-0.3, -0.25) is 4.68 Å². The topological polar surface area (TPSA) is 36.3 Å². The molecule has 138 valence electrons. The summed E-state index contributed by atoms with van der Waals surface area (Å²) in [5.41, 5.74) is 4.32. The van der Waals surface area contributed by atoms with Crippen LogP contribution >= 0.6 is 0 Å². The van der Waals surface area contributed by atoms with Gasteiger partial charge in [0.1, 0.15) is 0 Å². The van der Waals surface area contributed by atoms with E-state index in [4.69, 9.17) is 14.6 Å². The molecule has 2 atom stereocenters. The normalized spacial score (nSPS) is 30.0. The molecule has 0 unspecified atom stereocenters. The fourth-order valence-corrected chi connectivity index (χ4v) is 5.70. The molecular weight excluding hydrogens is 324 g/mol. The smallest absolute Gasteiger partial charge is 0.168 e. The summed E-state index contributed by atoms with van der Waals surface area (Å²) < 4.78 is 14.2. The average molecular weight is 352 g/mol. The molecule has 2 aromatic rings. The first-order valence-corrected chi connectivity index (χ1v) is 10.0. The Morgan fingerprint density at radius 3 is 2.77 bits per heavy atom. The standard InChI is InChI=1S/C22H28N2O2/c1-24-16-18-8-5-9-19-15-22(25-12-13-26-22)11-10-21(19,20(18)23-24)14-17-6-3-2-4-7-17/h2-4,6-7,16,19H,5,8-15H2,1H3/t19-,21-/m0/s1. The number of aryl methyl sites for hydroxylation is 2. The molecule has 1 spiro atoms. The molecule has 2 heterocycles. The lowest BCUT2D eigenvalue weighted by atomic mass is 9.59. The van der Waals surface area contributed by atoms with Crippen molar-refractivity contribution in [1.82, 2.24) is 9.78 Å². The van der Waals surface area contributed by atoms with Crippen LogP contribution < -0.4 is 0 Å². The van der Waals surface area contributed by atoms with Crippen molar-refractivity contribution in [2.75, 3.05) is 13.2 Å². The average Bonchev–Trinajstić information content (AvgIpc) is 3.22. The van der Waals surface area contributed by atoms with Gasteiger partial charge in [-0.15, -0.1) is 0 Å². The summed E-state index contributed by atoms with van der Waals surface area (Å²) in [5, 5.41) is 5.01. The van der Waals surface area contributed by atoms with Crippen LogP contribution in [0.15, 0.2) is 36.5 Å². The van der Waals surface area contributed by atoms with Crippen LogP contribution in [0.5, 0.6) is 0 Å². The fourth-order valence-electron chi connectivity index (χ4n) is 5.70. The van der Waals surface area contributed by atoms with E-state index >= 15 is 0 Å². The zero-order valence-corrected chi connectivity index (χ0v) is 15.6. The van der Waals surface area contributed by atoms with E-state index in [0.717, 1.165) is 45.3 Å². The fraction of sp³-hybridized carbons (Fsp3) is 0.591. The van der Waals surface area contributed by atoms with Gasteiger partial charge < -0.3 is 9.47 Å². The van der Waals surface area contributed by atoms with Gasteiger partial charge in [-0.25, -0.2) is 0 Å². The zero-order chi connectivity index (χ0) is 17.6. The van der Waals surface area contributed by atoms with E-state index in [1.54, 1.807) is 0 Å². The first-order chi connectivity index (χ1) is 12.7. The van der Waals surface area contributed by atoms with Crippen LogP contribution in [0.2, 0.25) is 0 Å². The van der Waals surface area contributed by atoms with E-state index in [-0.39, 0.29) is 11.2 Å². The second-order valence-corrected chi connectivity index (χ2v) is 8.40. The first-order valence-electron chi connectivity index (χ1n) is 10.0. The lowest BCUT2D eigenvalue weighted by Crippen LogP contribution is -2.49. The number of nitrogens with zero attached hydrogens (tertiary/aromatic N) is 2. The Kier molecular flexibility index (Phi) is 3.94. The quantitative estimate of drug-likeness (QED) is 0.825. The minimum absolute atomic E-state index is 0.106. The maximum atomic E-state index is 6.11. The monoisotopic (exact) mass is 352 g/mol. The Bertz CT molecular complexity index is 779. The summed E-state index contributed by atoms with van der Waals surface area (Å²) in [4.78, 5) is 0. The highest BCUT2D eigenvalue weighted by molar-refractivity contribution is 5.34. The van der Waals surface area contributed by atoms with Gasteiger partial charge in [-0.1, -0.05) is 30.3 Å². The van der Waals surface area contributed by atoms with Crippen molar-refractivity contribution in [2.45, 2.75) is 56.1 Å². The molecule has 0 bridgehead atoms. The van der Waals surface area contributed by atoms with Crippen molar-refractivity contribution in [3.63, 3.8) is 0 Å². The Balaban J connectivity index is 1.59. The molecule has 1 aromatic carbocycles. The molecule has 4 heteroatoms. The third-order valence-electron chi connectivity index (χ3n) is 6.84. The molecule has 1 aliphatic heterocycles. The van der Waals surface area contributed by atoms with Gasteiger partial charge in [0.05, 0.1) is 18.9 Å². The maximum Gasteiger partial charge on any atom is 0.168 e. The second kappa shape index (κ2) is 6.21. The van der Waals surface area contributed by atoms with E-state index in [0.29, 0.717) is 5.92 Å². The van der Waals surface area contributed by atoms with Crippen molar-refractivity contribution in [3.8, 4) is 0 Å². The maximum absolute atomic E-state index is 6.11. The van der Waals surface area contributed by atoms with Crippen molar-refractivity contribution >= 4 is 0 Å². The van der Waals surface area contributed by atoms with Gasteiger partial charge in [0.2, 0.25) is 0 Å². The van der Waals surface area contributed by atoms with Crippen molar-refractivity contribution in [2.24, 2.45) is 13.0 Å². The van der Waals surface area contributed by atoms with Crippen LogP contribution in [-0.4, -0.2) is 28.8 Å². The molecular formula is C22H28N2O2. The largest absolute Gasteiger partial charge is 0.348 e. The molecule has 2 fully saturated rings.